The second kappa shape index (κ2) is 6.02. The van der Waals surface area contributed by atoms with Crippen LogP contribution in [0.2, 0.25) is 39.3 Å². The summed E-state index contributed by atoms with van der Waals surface area (Å²) in [6.07, 6.45) is 0. The van der Waals surface area contributed by atoms with Gasteiger partial charge in [-0.3, -0.25) is 4.79 Å². The molecule has 106 valence electrons. The highest BCUT2D eigenvalue weighted by Gasteiger charge is 2.30. The van der Waals surface area contributed by atoms with Gasteiger partial charge in [-0.1, -0.05) is 50.0 Å². The van der Waals surface area contributed by atoms with Crippen LogP contribution in [-0.4, -0.2) is 22.5 Å². The van der Waals surface area contributed by atoms with Gasteiger partial charge in [0.05, 0.1) is 0 Å². The topological polar surface area (TPSA) is 38.3 Å². The largest absolute Gasteiger partial charge is 0.519 e. The number of hydrogen-bond acceptors (Lipinski definition) is 3. The van der Waals surface area contributed by atoms with E-state index in [0.29, 0.717) is 0 Å². The second-order valence-corrected chi connectivity index (χ2v) is 16.0. The highest BCUT2D eigenvalue weighted by molar-refractivity contribution is 6.74. The molecule has 5 heteroatoms. The first kappa shape index (κ1) is 16.1. The number of carbonyl (C=O) groups is 1. The third-order valence-corrected chi connectivity index (χ3v) is 4.32. The molecule has 0 saturated carbocycles. The molecule has 3 nitrogen and oxygen atoms in total. The molecule has 0 spiro atoms. The number of carbonyl (C=O) groups excluding carboxylic acids is 1. The van der Waals surface area contributed by atoms with Gasteiger partial charge in [0, 0.05) is 0 Å². The fourth-order valence-electron chi connectivity index (χ4n) is 1.72. The summed E-state index contributed by atoms with van der Waals surface area (Å²) in [5.74, 6) is -0.146. The summed E-state index contributed by atoms with van der Waals surface area (Å²) >= 11 is 0. The standard InChI is InChI=1S/C14H25NO2Si2/c1-18(2,3)15-13(12-10-8-7-9-11-12)14(16)17-19(4,5)6/h7-11,13,15H,1-6H3/t13-/m0/s1. The van der Waals surface area contributed by atoms with Gasteiger partial charge in [0.15, 0.2) is 0 Å². The fourth-order valence-corrected chi connectivity index (χ4v) is 3.59. The average Bonchev–Trinajstić information content (AvgIpc) is 2.23. The van der Waals surface area contributed by atoms with Crippen LogP contribution in [0.15, 0.2) is 30.3 Å². The molecule has 1 atom stereocenters. The van der Waals surface area contributed by atoms with Crippen molar-refractivity contribution in [1.82, 2.24) is 4.98 Å². The van der Waals surface area contributed by atoms with E-state index in [2.05, 4.69) is 24.6 Å². The molecular formula is C14H25NO2Si2. The Bertz CT molecular complexity index is 421. The van der Waals surface area contributed by atoms with Crippen molar-refractivity contribution in [2.45, 2.75) is 45.3 Å². The van der Waals surface area contributed by atoms with E-state index >= 15 is 0 Å². The van der Waals surface area contributed by atoms with Crippen molar-refractivity contribution in [3.63, 3.8) is 0 Å². The van der Waals surface area contributed by atoms with Gasteiger partial charge >= 0.3 is 5.97 Å². The van der Waals surface area contributed by atoms with Crippen LogP contribution in [0.25, 0.3) is 0 Å². The zero-order valence-corrected chi connectivity index (χ0v) is 14.8. The fraction of sp³-hybridized carbons (Fsp3) is 0.500. The number of hydrogen-bond donors (Lipinski definition) is 1. The predicted molar refractivity (Wildman–Crippen MR) is 85.1 cm³/mol. The minimum atomic E-state index is -1.87. The molecule has 19 heavy (non-hydrogen) atoms. The summed E-state index contributed by atoms with van der Waals surface area (Å²) < 4.78 is 5.66. The Labute approximate surface area is 118 Å². The van der Waals surface area contributed by atoms with E-state index in [0.717, 1.165) is 5.56 Å². The van der Waals surface area contributed by atoms with E-state index in [-0.39, 0.29) is 12.0 Å². The van der Waals surface area contributed by atoms with Gasteiger partial charge < -0.3 is 9.41 Å². The smallest absolute Gasteiger partial charge is 0.313 e. The maximum atomic E-state index is 12.4. The molecule has 0 unspecified atom stereocenters. The quantitative estimate of drug-likeness (QED) is 0.845. The van der Waals surface area contributed by atoms with Gasteiger partial charge in [0.2, 0.25) is 8.32 Å². The van der Waals surface area contributed by atoms with Crippen molar-refractivity contribution in [3.8, 4) is 0 Å². The molecule has 0 aromatic heterocycles. The minimum Gasteiger partial charge on any atom is -0.519 e. The van der Waals surface area contributed by atoms with Crippen molar-refractivity contribution < 1.29 is 9.22 Å². The first-order chi connectivity index (χ1) is 8.58. The molecule has 0 aliphatic heterocycles. The Balaban J connectivity index is 2.97. The molecule has 0 radical (unpaired) electrons. The van der Waals surface area contributed by atoms with Gasteiger partial charge in [-0.05, 0) is 25.2 Å². The summed E-state index contributed by atoms with van der Waals surface area (Å²) in [6.45, 7) is 12.6. The van der Waals surface area contributed by atoms with Gasteiger partial charge in [-0.2, -0.15) is 0 Å². The van der Waals surface area contributed by atoms with Crippen molar-refractivity contribution in [2.75, 3.05) is 0 Å². The van der Waals surface area contributed by atoms with Crippen LogP contribution in [0, 0.1) is 0 Å². The van der Waals surface area contributed by atoms with Crippen molar-refractivity contribution >= 4 is 22.5 Å². The van der Waals surface area contributed by atoms with Gasteiger partial charge in [-0.15, -0.1) is 0 Å². The SMILES string of the molecule is C[Si](C)(C)N[C@H](C(=O)O[Si](C)(C)C)c1ccccc1. The van der Waals surface area contributed by atoms with E-state index in [1.165, 1.54) is 0 Å². The molecular weight excluding hydrogens is 270 g/mol. The molecule has 0 heterocycles. The lowest BCUT2D eigenvalue weighted by molar-refractivity contribution is -0.137. The molecule has 0 saturated heterocycles. The molecule has 1 aromatic carbocycles. The van der Waals surface area contributed by atoms with Crippen molar-refractivity contribution in [1.29, 1.82) is 0 Å². The van der Waals surface area contributed by atoms with Gasteiger partial charge in [0.25, 0.3) is 0 Å². The van der Waals surface area contributed by atoms with Crippen molar-refractivity contribution in [3.05, 3.63) is 35.9 Å². The van der Waals surface area contributed by atoms with Crippen LogP contribution in [0.5, 0.6) is 0 Å². The zero-order chi connectivity index (χ0) is 14.7. The lowest BCUT2D eigenvalue weighted by Gasteiger charge is -2.29. The second-order valence-electron chi connectivity index (χ2n) is 6.77. The molecule has 0 amide bonds. The minimum absolute atomic E-state index is 0.146. The Morgan fingerprint density at radius 2 is 1.58 bits per heavy atom. The summed E-state index contributed by atoms with van der Waals surface area (Å²) in [6, 6.07) is 9.47. The third kappa shape index (κ3) is 6.18. The zero-order valence-electron chi connectivity index (χ0n) is 12.8. The lowest BCUT2D eigenvalue weighted by atomic mass is 10.1. The van der Waals surface area contributed by atoms with Crippen LogP contribution in [0.4, 0.5) is 0 Å². The van der Waals surface area contributed by atoms with Crippen LogP contribution in [-0.2, 0) is 9.22 Å². The first-order valence-corrected chi connectivity index (χ1v) is 13.5. The average molecular weight is 296 g/mol. The summed E-state index contributed by atoms with van der Waals surface area (Å²) in [5.41, 5.74) is 0.980. The molecule has 1 N–H and O–H groups in total. The first-order valence-electron chi connectivity index (χ1n) is 6.64. The van der Waals surface area contributed by atoms with E-state index in [1.807, 2.05) is 50.0 Å². The van der Waals surface area contributed by atoms with Crippen LogP contribution in [0.1, 0.15) is 11.6 Å². The van der Waals surface area contributed by atoms with E-state index in [9.17, 15) is 4.79 Å². The highest BCUT2D eigenvalue weighted by Crippen LogP contribution is 2.19. The highest BCUT2D eigenvalue weighted by atomic mass is 28.4. The summed E-state index contributed by atoms with van der Waals surface area (Å²) in [7, 11) is -3.44. The monoisotopic (exact) mass is 295 g/mol. The van der Waals surface area contributed by atoms with E-state index in [4.69, 9.17) is 4.43 Å². The molecule has 0 fully saturated rings. The maximum absolute atomic E-state index is 12.4. The van der Waals surface area contributed by atoms with E-state index < -0.39 is 16.6 Å². The number of benzene rings is 1. The predicted octanol–water partition coefficient (Wildman–Crippen LogP) is 3.53. The maximum Gasteiger partial charge on any atom is 0.313 e. The molecule has 0 aliphatic rings. The van der Waals surface area contributed by atoms with E-state index in [1.54, 1.807) is 0 Å². The number of nitrogens with one attached hydrogen (secondary N) is 1. The number of rotatable bonds is 5. The van der Waals surface area contributed by atoms with Crippen LogP contribution < -0.4 is 4.98 Å². The summed E-state index contributed by atoms with van der Waals surface area (Å²) in [4.78, 5) is 15.9. The molecule has 1 aromatic rings. The Hall–Kier alpha value is -0.916. The molecule has 1 rings (SSSR count). The lowest BCUT2D eigenvalue weighted by Crippen LogP contribution is -2.48. The van der Waals surface area contributed by atoms with Gasteiger partial charge in [-0.25, -0.2) is 0 Å². The Morgan fingerprint density at radius 1 is 1.05 bits per heavy atom. The summed E-state index contributed by atoms with van der Waals surface area (Å²) in [5, 5.41) is 0. The van der Waals surface area contributed by atoms with Crippen LogP contribution in [0.3, 0.4) is 0 Å². The van der Waals surface area contributed by atoms with Crippen LogP contribution >= 0.6 is 0 Å². The normalized spacial score (nSPS) is 14.0. The van der Waals surface area contributed by atoms with Crippen molar-refractivity contribution in [2.24, 2.45) is 0 Å². The molecule has 0 aliphatic carbocycles. The Kier molecular flexibility index (Phi) is 5.12. The molecule has 0 bridgehead atoms. The third-order valence-electron chi connectivity index (χ3n) is 2.35. The van der Waals surface area contributed by atoms with Gasteiger partial charge in [0.1, 0.15) is 14.3 Å². The Morgan fingerprint density at radius 3 is 2.00 bits per heavy atom.